The first-order valence-corrected chi connectivity index (χ1v) is 30.6. The second-order valence-electron chi connectivity index (χ2n) is 22.5. The molecule has 17 nitrogen and oxygen atoms in total. The number of unbranched alkanes of at least 4 members (excludes halogenated alkanes) is 8. The minimum absolute atomic E-state index is 0. The maximum absolute atomic E-state index is 12.2. The first-order chi connectivity index (χ1) is 36.1. The Morgan fingerprint density at radius 2 is 0.855 bits per heavy atom. The Bertz CT molecular complexity index is 1200. The van der Waals surface area contributed by atoms with Crippen molar-refractivity contribution in [2.45, 2.75) is 247 Å². The zero-order chi connectivity index (χ0) is 56.2. The molecule has 0 aromatic carbocycles. The molecule has 0 bridgehead atoms. The normalized spacial score (nSPS) is 14.8. The summed E-state index contributed by atoms with van der Waals surface area (Å²) in [6.45, 7) is 24.2. The van der Waals surface area contributed by atoms with Gasteiger partial charge in [-0.1, -0.05) is 139 Å². The number of rotatable bonds is 55. The van der Waals surface area contributed by atoms with Crippen LogP contribution in [0.25, 0.3) is 0 Å². The molecule has 0 rings (SSSR count). The van der Waals surface area contributed by atoms with E-state index in [-0.39, 0.29) is 32.3 Å². The fourth-order valence-corrected chi connectivity index (χ4v) is 8.97. The van der Waals surface area contributed by atoms with Crippen molar-refractivity contribution >= 4 is 11.8 Å². The van der Waals surface area contributed by atoms with Gasteiger partial charge in [0.15, 0.2) is 0 Å². The van der Waals surface area contributed by atoms with Gasteiger partial charge in [-0.15, -0.1) is 0 Å². The van der Waals surface area contributed by atoms with Crippen LogP contribution < -0.4 is 48.7 Å². The molecule has 0 heterocycles. The van der Waals surface area contributed by atoms with Crippen LogP contribution in [0.15, 0.2) is 0 Å². The number of aliphatic hydroxyl groups excluding tert-OH is 6. The van der Waals surface area contributed by atoms with E-state index >= 15 is 0 Å². The summed E-state index contributed by atoms with van der Waals surface area (Å²) in [6, 6.07) is 0. The van der Waals surface area contributed by atoms with Crippen molar-refractivity contribution < 1.29 is 40.2 Å². The van der Waals surface area contributed by atoms with Crippen molar-refractivity contribution in [3.63, 3.8) is 0 Å². The van der Waals surface area contributed by atoms with Gasteiger partial charge in [0.25, 0.3) is 0 Å². The molecule has 76 heavy (non-hydrogen) atoms. The second-order valence-corrected chi connectivity index (χ2v) is 22.5. The first kappa shape index (κ1) is 78.6. The minimum Gasteiger partial charge on any atom is -0.394 e. The molecule has 0 aromatic heterocycles. The molecule has 2 amide bonds. The molecule has 0 aliphatic carbocycles. The maximum atomic E-state index is 12.2. The van der Waals surface area contributed by atoms with E-state index in [4.69, 9.17) is 16.6 Å². The summed E-state index contributed by atoms with van der Waals surface area (Å²) in [5, 5.41) is 79.8. The van der Waals surface area contributed by atoms with Crippen LogP contribution in [0.2, 0.25) is 0 Å². The number of carbonyl (C=O) groups excluding carboxylic acids is 2. The van der Waals surface area contributed by atoms with E-state index in [0.29, 0.717) is 30.6 Å². The Morgan fingerprint density at radius 3 is 1.36 bits per heavy atom. The molecule has 8 atom stereocenters. The average molecular weight is 1090 g/mol. The topological polar surface area (TPSA) is 292 Å². The van der Waals surface area contributed by atoms with E-state index in [9.17, 15) is 35.1 Å². The predicted octanol–water partition coefficient (Wildman–Crippen LogP) is 5.80. The molecular weight excluding hydrogens is 963 g/mol. The van der Waals surface area contributed by atoms with Gasteiger partial charge in [0, 0.05) is 32.5 Å². The Hall–Kier alpha value is -1.58. The number of hydrogen-bond donors (Lipinski definition) is 15. The molecule has 3 unspecified atom stereocenters. The molecular formula is C59H129N9O8. The lowest BCUT2D eigenvalue weighted by Crippen LogP contribution is -2.54. The Kier molecular flexibility index (Phi) is 60.1. The SMILES string of the molecule is C.CC(C)CCCC(C)CCC(=O)NCCCCCCC(CNCCCCNCCCN)CNCCCCNCCCN.CCCCCCC(C)CCCC(C)CCC(=O)NCCN[C@H](O)[C@H](O)[C@@H](O)[C@H](O)[C@H](O)CO. The smallest absolute Gasteiger partial charge is 0.220 e. The Balaban J connectivity index is -0.00000142. The Morgan fingerprint density at radius 1 is 0.434 bits per heavy atom. The van der Waals surface area contributed by atoms with Crippen molar-refractivity contribution in [1.82, 2.24) is 37.2 Å². The summed E-state index contributed by atoms with van der Waals surface area (Å²) in [7, 11) is 0. The van der Waals surface area contributed by atoms with Gasteiger partial charge in [0.1, 0.15) is 30.6 Å². The maximum Gasteiger partial charge on any atom is 0.220 e. The number of carbonyl (C=O) groups is 2. The van der Waals surface area contributed by atoms with E-state index in [1.807, 2.05) is 0 Å². The van der Waals surface area contributed by atoms with Crippen LogP contribution >= 0.6 is 0 Å². The van der Waals surface area contributed by atoms with E-state index in [1.54, 1.807) is 0 Å². The highest BCUT2D eigenvalue weighted by atomic mass is 16.4. The largest absolute Gasteiger partial charge is 0.394 e. The van der Waals surface area contributed by atoms with Crippen LogP contribution in [0, 0.1) is 29.6 Å². The number of nitrogens with one attached hydrogen (secondary N) is 7. The molecule has 0 aromatic rings. The van der Waals surface area contributed by atoms with Crippen LogP contribution in [-0.4, -0.2) is 165 Å². The quantitative estimate of drug-likeness (QED) is 0.0253. The Labute approximate surface area is 467 Å². The average Bonchev–Trinajstić information content (AvgIpc) is 3.39. The van der Waals surface area contributed by atoms with Crippen LogP contribution in [0.4, 0.5) is 0 Å². The lowest BCUT2D eigenvalue weighted by atomic mass is 9.93. The molecule has 0 saturated carbocycles. The third-order valence-corrected chi connectivity index (χ3v) is 14.3. The monoisotopic (exact) mass is 1090 g/mol. The number of aliphatic hydroxyl groups is 6. The van der Waals surface area contributed by atoms with Crippen molar-refractivity contribution in [3.05, 3.63) is 0 Å². The van der Waals surface area contributed by atoms with Gasteiger partial charge in [-0.05, 0) is 159 Å². The number of hydrogen-bond acceptors (Lipinski definition) is 15. The zero-order valence-electron chi connectivity index (χ0n) is 49.2. The van der Waals surface area contributed by atoms with Crippen LogP contribution in [0.5, 0.6) is 0 Å². The molecule has 0 aliphatic heterocycles. The summed E-state index contributed by atoms with van der Waals surface area (Å²) in [5.41, 5.74) is 11.1. The fourth-order valence-electron chi connectivity index (χ4n) is 8.97. The first-order valence-electron chi connectivity index (χ1n) is 30.6. The second kappa shape index (κ2) is 58.1. The third kappa shape index (κ3) is 53.1. The molecule has 17 N–H and O–H groups in total. The van der Waals surface area contributed by atoms with Gasteiger partial charge in [-0.25, -0.2) is 0 Å². The summed E-state index contributed by atoms with van der Waals surface area (Å²) in [5.74, 6) is 3.52. The van der Waals surface area contributed by atoms with Crippen molar-refractivity contribution in [2.75, 3.05) is 91.7 Å². The summed E-state index contributed by atoms with van der Waals surface area (Å²) in [4.78, 5) is 24.2. The van der Waals surface area contributed by atoms with Gasteiger partial charge in [0.05, 0.1) is 6.61 Å². The van der Waals surface area contributed by atoms with Gasteiger partial charge in [0.2, 0.25) is 11.8 Å². The molecule has 0 fully saturated rings. The van der Waals surface area contributed by atoms with Gasteiger partial charge in [-0.2, -0.15) is 0 Å². The standard InChI is InChI=1S/C34H75N7O.C24H50N2O7.CH4/c1-31(2)15-12-16-32(3)18-19-34(42)41-28-7-5-4-6-17-33(29-39-24-10-8-22-37-26-13-20-35)30-40-25-11-9-23-38-27-14-21-36;1-4-5-6-7-9-17(2)10-8-11-18(3)12-13-20(29)25-14-15-26-24(33)23(32)22(31)21(30)19(28)16-27;/h31-33,37-40H,4-30,35-36H2,1-3H3,(H,41,42);17-19,21-24,26-28,30-33H,4-16H2,1-3H3,(H,25,29);1H4/t;17?,18?,19-,21-,22+,23-,24-;/m.1./s1. The van der Waals surface area contributed by atoms with E-state index in [0.717, 1.165) is 122 Å². The van der Waals surface area contributed by atoms with Crippen molar-refractivity contribution in [2.24, 2.45) is 41.1 Å². The zero-order valence-corrected chi connectivity index (χ0v) is 49.2. The molecule has 0 aliphatic rings. The lowest BCUT2D eigenvalue weighted by molar-refractivity contribution is -0.145. The number of amides is 2. The van der Waals surface area contributed by atoms with E-state index in [1.165, 1.54) is 116 Å². The van der Waals surface area contributed by atoms with Gasteiger partial charge in [-0.3, -0.25) is 14.9 Å². The van der Waals surface area contributed by atoms with Crippen molar-refractivity contribution in [3.8, 4) is 0 Å². The van der Waals surface area contributed by atoms with Crippen LogP contribution in [0.3, 0.4) is 0 Å². The summed E-state index contributed by atoms with van der Waals surface area (Å²) < 4.78 is 0. The highest BCUT2D eigenvalue weighted by Crippen LogP contribution is 2.21. The molecule has 0 saturated heterocycles. The molecule has 0 radical (unpaired) electrons. The molecule has 458 valence electrons. The van der Waals surface area contributed by atoms with Gasteiger partial charge < -0.3 is 74.0 Å². The predicted molar refractivity (Wildman–Crippen MR) is 319 cm³/mol. The summed E-state index contributed by atoms with van der Waals surface area (Å²) >= 11 is 0. The highest BCUT2D eigenvalue weighted by molar-refractivity contribution is 5.76. The third-order valence-electron chi connectivity index (χ3n) is 14.3. The fraction of sp³-hybridized carbons (Fsp3) is 0.966. The minimum atomic E-state index is -1.85. The molecule has 17 heteroatoms. The van der Waals surface area contributed by atoms with E-state index < -0.39 is 37.3 Å². The van der Waals surface area contributed by atoms with Crippen LogP contribution in [-0.2, 0) is 9.59 Å². The van der Waals surface area contributed by atoms with Crippen molar-refractivity contribution in [1.29, 1.82) is 0 Å². The molecule has 0 spiro atoms. The van der Waals surface area contributed by atoms with Crippen LogP contribution in [0.1, 0.15) is 216 Å². The number of nitrogens with two attached hydrogens (primary N) is 2. The lowest BCUT2D eigenvalue weighted by Gasteiger charge is -2.28. The van der Waals surface area contributed by atoms with E-state index in [2.05, 4.69) is 78.8 Å². The van der Waals surface area contributed by atoms with Gasteiger partial charge >= 0.3 is 0 Å². The highest BCUT2D eigenvalue weighted by Gasteiger charge is 2.34. The summed E-state index contributed by atoms with van der Waals surface area (Å²) in [6.07, 6.45) is 21.3.